The third-order valence-electron chi connectivity index (χ3n) is 2.85. The number of alkyl halides is 1. The normalized spacial score (nSPS) is 25.8. The summed E-state index contributed by atoms with van der Waals surface area (Å²) < 4.78 is 53.4. The standard InChI is InChI=1S/C11H11F4N/c12-8-3-2-7(9(13)10(8)14)11(15)4-1-5-16-6-11/h2-3,16H,1,4-6H2. The van der Waals surface area contributed by atoms with Gasteiger partial charge in [0.15, 0.2) is 23.1 Å². The number of hydrogen-bond acceptors (Lipinski definition) is 1. The van der Waals surface area contributed by atoms with Gasteiger partial charge in [0.05, 0.1) is 0 Å². The van der Waals surface area contributed by atoms with Crippen molar-refractivity contribution in [3.8, 4) is 0 Å². The van der Waals surface area contributed by atoms with Crippen molar-refractivity contribution >= 4 is 0 Å². The molecule has 0 saturated carbocycles. The summed E-state index contributed by atoms with van der Waals surface area (Å²) in [4.78, 5) is 0. The van der Waals surface area contributed by atoms with Crippen LogP contribution in [0.3, 0.4) is 0 Å². The molecule has 5 heteroatoms. The Bertz CT molecular complexity index is 399. The lowest BCUT2D eigenvalue weighted by atomic mass is 9.88. The van der Waals surface area contributed by atoms with Gasteiger partial charge >= 0.3 is 0 Å². The van der Waals surface area contributed by atoms with Crippen LogP contribution in [0, 0.1) is 17.5 Å². The van der Waals surface area contributed by atoms with Crippen LogP contribution in [0.15, 0.2) is 12.1 Å². The van der Waals surface area contributed by atoms with Crippen LogP contribution in [0.1, 0.15) is 18.4 Å². The van der Waals surface area contributed by atoms with E-state index in [1.165, 1.54) is 0 Å². The molecule has 1 atom stereocenters. The zero-order valence-electron chi connectivity index (χ0n) is 8.49. The highest BCUT2D eigenvalue weighted by Crippen LogP contribution is 2.35. The van der Waals surface area contributed by atoms with Gasteiger partial charge < -0.3 is 5.32 Å². The minimum absolute atomic E-state index is 0.0744. The van der Waals surface area contributed by atoms with Gasteiger partial charge in [0.25, 0.3) is 0 Å². The van der Waals surface area contributed by atoms with E-state index in [2.05, 4.69) is 5.32 Å². The first-order valence-electron chi connectivity index (χ1n) is 5.08. The summed E-state index contributed by atoms with van der Waals surface area (Å²) in [5.74, 6) is -4.33. The molecule has 1 aromatic carbocycles. The van der Waals surface area contributed by atoms with Gasteiger partial charge in [-0.05, 0) is 31.5 Å². The number of halogens is 4. The molecule has 0 aliphatic carbocycles. The summed E-state index contributed by atoms with van der Waals surface area (Å²) >= 11 is 0. The first-order valence-corrected chi connectivity index (χ1v) is 5.08. The fraction of sp³-hybridized carbons (Fsp3) is 0.455. The Morgan fingerprint density at radius 3 is 2.50 bits per heavy atom. The maximum Gasteiger partial charge on any atom is 0.194 e. The summed E-state index contributed by atoms with van der Waals surface area (Å²) in [7, 11) is 0. The Balaban J connectivity index is 2.43. The highest BCUT2D eigenvalue weighted by atomic mass is 19.2. The Morgan fingerprint density at radius 1 is 1.12 bits per heavy atom. The maximum absolute atomic E-state index is 14.3. The topological polar surface area (TPSA) is 12.0 Å². The third-order valence-corrected chi connectivity index (χ3v) is 2.85. The molecule has 1 aromatic rings. The summed E-state index contributed by atoms with van der Waals surface area (Å²) in [6.45, 7) is 0.575. The Labute approximate surface area is 90.5 Å². The van der Waals surface area contributed by atoms with Crippen LogP contribution >= 0.6 is 0 Å². The summed E-state index contributed by atoms with van der Waals surface area (Å²) in [6, 6.07) is 1.73. The fourth-order valence-electron chi connectivity index (χ4n) is 1.97. The molecule has 1 aliphatic rings. The predicted octanol–water partition coefficient (Wildman–Crippen LogP) is 2.65. The van der Waals surface area contributed by atoms with E-state index in [1.54, 1.807) is 0 Å². The Hall–Kier alpha value is -1.10. The highest BCUT2D eigenvalue weighted by Gasteiger charge is 2.37. The molecule has 1 heterocycles. The molecule has 2 rings (SSSR count). The molecule has 1 N–H and O–H groups in total. The van der Waals surface area contributed by atoms with Gasteiger partial charge in [-0.2, -0.15) is 0 Å². The molecule has 1 nitrogen and oxygen atoms in total. The van der Waals surface area contributed by atoms with Crippen LogP contribution in [-0.2, 0) is 5.67 Å². The molecule has 88 valence electrons. The van der Waals surface area contributed by atoms with Gasteiger partial charge in [-0.15, -0.1) is 0 Å². The van der Waals surface area contributed by atoms with Gasteiger partial charge in [-0.25, -0.2) is 17.6 Å². The lowest BCUT2D eigenvalue weighted by molar-refractivity contribution is 0.115. The van der Waals surface area contributed by atoms with Crippen LogP contribution in [0.25, 0.3) is 0 Å². The average molecular weight is 233 g/mol. The van der Waals surface area contributed by atoms with Gasteiger partial charge in [0.2, 0.25) is 0 Å². The van der Waals surface area contributed by atoms with Crippen molar-refractivity contribution in [3.63, 3.8) is 0 Å². The van der Waals surface area contributed by atoms with E-state index in [-0.39, 0.29) is 13.0 Å². The molecule has 1 fully saturated rings. The van der Waals surface area contributed by atoms with Crippen LogP contribution in [0.4, 0.5) is 17.6 Å². The SMILES string of the molecule is Fc1ccc(C2(F)CCCNC2)c(F)c1F. The van der Waals surface area contributed by atoms with E-state index in [9.17, 15) is 17.6 Å². The number of benzene rings is 1. The first-order chi connectivity index (χ1) is 7.54. The van der Waals surface area contributed by atoms with Crippen molar-refractivity contribution in [2.24, 2.45) is 0 Å². The highest BCUT2D eigenvalue weighted by molar-refractivity contribution is 5.27. The lowest BCUT2D eigenvalue weighted by Crippen LogP contribution is -2.40. The van der Waals surface area contributed by atoms with Crippen molar-refractivity contribution in [1.29, 1.82) is 0 Å². The van der Waals surface area contributed by atoms with Crippen LogP contribution in [0.5, 0.6) is 0 Å². The summed E-state index contributed by atoms with van der Waals surface area (Å²) in [5.41, 5.74) is -2.35. The van der Waals surface area contributed by atoms with E-state index in [0.29, 0.717) is 13.0 Å². The van der Waals surface area contributed by atoms with Crippen LogP contribution in [0.2, 0.25) is 0 Å². The number of piperidine rings is 1. The van der Waals surface area contributed by atoms with E-state index >= 15 is 0 Å². The molecule has 0 radical (unpaired) electrons. The molecular weight excluding hydrogens is 222 g/mol. The molecule has 0 amide bonds. The molecule has 0 spiro atoms. The van der Waals surface area contributed by atoms with Crippen LogP contribution in [-0.4, -0.2) is 13.1 Å². The molecule has 0 aromatic heterocycles. The number of hydrogen-bond donors (Lipinski definition) is 1. The second-order valence-electron chi connectivity index (χ2n) is 3.97. The smallest absolute Gasteiger partial charge is 0.194 e. The first kappa shape index (κ1) is 11.4. The zero-order chi connectivity index (χ0) is 11.8. The van der Waals surface area contributed by atoms with E-state index in [0.717, 1.165) is 12.1 Å². The quantitative estimate of drug-likeness (QED) is 0.581. The Kier molecular flexibility index (Phi) is 2.88. The second-order valence-corrected chi connectivity index (χ2v) is 3.97. The average Bonchev–Trinajstić information content (AvgIpc) is 2.27. The molecular formula is C11H11F4N. The van der Waals surface area contributed by atoms with Gasteiger partial charge in [0.1, 0.15) is 0 Å². The second kappa shape index (κ2) is 4.05. The zero-order valence-corrected chi connectivity index (χ0v) is 8.49. The fourth-order valence-corrected chi connectivity index (χ4v) is 1.97. The molecule has 0 bridgehead atoms. The van der Waals surface area contributed by atoms with Crippen LogP contribution < -0.4 is 5.32 Å². The van der Waals surface area contributed by atoms with E-state index in [1.807, 2.05) is 0 Å². The largest absolute Gasteiger partial charge is 0.313 e. The van der Waals surface area contributed by atoms with Gasteiger partial charge in [0, 0.05) is 12.1 Å². The molecule has 1 aliphatic heterocycles. The minimum atomic E-state index is -1.95. The third kappa shape index (κ3) is 1.80. The Morgan fingerprint density at radius 2 is 1.88 bits per heavy atom. The van der Waals surface area contributed by atoms with E-state index < -0.39 is 28.7 Å². The minimum Gasteiger partial charge on any atom is -0.313 e. The molecule has 16 heavy (non-hydrogen) atoms. The predicted molar refractivity (Wildman–Crippen MR) is 51.2 cm³/mol. The number of nitrogens with one attached hydrogen (secondary N) is 1. The van der Waals surface area contributed by atoms with Crippen molar-refractivity contribution in [2.75, 3.05) is 13.1 Å². The van der Waals surface area contributed by atoms with Crippen molar-refractivity contribution in [3.05, 3.63) is 35.1 Å². The van der Waals surface area contributed by atoms with E-state index in [4.69, 9.17) is 0 Å². The molecule has 1 unspecified atom stereocenters. The summed E-state index contributed by atoms with van der Waals surface area (Å²) in [5, 5.41) is 2.78. The number of rotatable bonds is 1. The van der Waals surface area contributed by atoms with Crippen molar-refractivity contribution in [2.45, 2.75) is 18.5 Å². The summed E-state index contributed by atoms with van der Waals surface area (Å²) in [6.07, 6.45) is 0.650. The van der Waals surface area contributed by atoms with Gasteiger partial charge in [-0.3, -0.25) is 0 Å². The maximum atomic E-state index is 14.3. The van der Waals surface area contributed by atoms with Crippen molar-refractivity contribution in [1.82, 2.24) is 5.32 Å². The lowest BCUT2D eigenvalue weighted by Gasteiger charge is -2.30. The monoisotopic (exact) mass is 233 g/mol. The molecule has 1 saturated heterocycles. The van der Waals surface area contributed by atoms with Crippen molar-refractivity contribution < 1.29 is 17.6 Å². The van der Waals surface area contributed by atoms with Gasteiger partial charge in [-0.1, -0.05) is 0 Å².